The number of nitrogens with one attached hydrogen (secondary N) is 1. The van der Waals surface area contributed by atoms with Crippen LogP contribution in [-0.4, -0.2) is 16.7 Å². The fourth-order valence-electron chi connectivity index (χ4n) is 1.04. The molecular weight excluding hydrogens is 192 g/mol. The number of aliphatic hydroxyl groups is 1. The van der Waals surface area contributed by atoms with Gasteiger partial charge in [0.25, 0.3) is 0 Å². The van der Waals surface area contributed by atoms with Crippen LogP contribution >= 0.6 is 23.1 Å². The van der Waals surface area contributed by atoms with E-state index in [-0.39, 0.29) is 6.61 Å². The SMILES string of the molecule is OCC1(c2nccs2)NC=CS1. The highest BCUT2D eigenvalue weighted by molar-refractivity contribution is 8.03. The zero-order chi connectivity index (χ0) is 8.44. The molecule has 2 heterocycles. The second-order valence-corrected chi connectivity index (χ2v) is 4.49. The van der Waals surface area contributed by atoms with E-state index in [4.69, 9.17) is 0 Å². The molecule has 0 fully saturated rings. The molecule has 1 atom stereocenters. The number of hydrogen-bond donors (Lipinski definition) is 2. The lowest BCUT2D eigenvalue weighted by molar-refractivity contribution is 0.237. The number of aromatic nitrogens is 1. The van der Waals surface area contributed by atoms with Crippen molar-refractivity contribution < 1.29 is 5.11 Å². The molecule has 1 aromatic rings. The summed E-state index contributed by atoms with van der Waals surface area (Å²) in [5.74, 6) is 0. The number of rotatable bonds is 2. The Labute approximate surface area is 78.5 Å². The molecule has 0 amide bonds. The van der Waals surface area contributed by atoms with Crippen molar-refractivity contribution in [2.75, 3.05) is 6.61 Å². The summed E-state index contributed by atoms with van der Waals surface area (Å²) < 4.78 is 0. The first-order valence-electron chi connectivity index (χ1n) is 3.49. The van der Waals surface area contributed by atoms with Crippen LogP contribution in [0, 0.1) is 0 Å². The zero-order valence-electron chi connectivity index (χ0n) is 6.23. The van der Waals surface area contributed by atoms with Gasteiger partial charge in [-0.1, -0.05) is 11.8 Å². The maximum Gasteiger partial charge on any atom is 0.163 e. The highest BCUT2D eigenvalue weighted by atomic mass is 32.2. The Kier molecular flexibility index (Phi) is 2.08. The number of aliphatic hydroxyl groups excluding tert-OH is 1. The molecule has 0 spiro atoms. The van der Waals surface area contributed by atoms with Gasteiger partial charge in [0.2, 0.25) is 0 Å². The van der Waals surface area contributed by atoms with Crippen molar-refractivity contribution in [3.63, 3.8) is 0 Å². The van der Waals surface area contributed by atoms with E-state index in [1.54, 1.807) is 29.3 Å². The molecule has 0 bridgehead atoms. The van der Waals surface area contributed by atoms with Gasteiger partial charge in [0.05, 0.1) is 6.61 Å². The highest BCUT2D eigenvalue weighted by Crippen LogP contribution is 2.38. The molecule has 12 heavy (non-hydrogen) atoms. The molecule has 2 rings (SSSR count). The molecule has 5 heteroatoms. The summed E-state index contributed by atoms with van der Waals surface area (Å²) in [5, 5.41) is 17.1. The van der Waals surface area contributed by atoms with Crippen LogP contribution in [0.3, 0.4) is 0 Å². The average molecular weight is 200 g/mol. The third-order valence-electron chi connectivity index (χ3n) is 1.65. The van der Waals surface area contributed by atoms with Crippen LogP contribution in [-0.2, 0) is 4.87 Å². The van der Waals surface area contributed by atoms with Crippen molar-refractivity contribution in [3.8, 4) is 0 Å². The van der Waals surface area contributed by atoms with Gasteiger partial charge in [-0.3, -0.25) is 0 Å². The van der Waals surface area contributed by atoms with Gasteiger partial charge in [-0.15, -0.1) is 11.3 Å². The molecule has 0 saturated heterocycles. The predicted molar refractivity (Wildman–Crippen MR) is 50.7 cm³/mol. The van der Waals surface area contributed by atoms with Crippen LogP contribution in [0.5, 0.6) is 0 Å². The number of nitrogens with zero attached hydrogens (tertiary/aromatic N) is 1. The molecule has 64 valence electrons. The summed E-state index contributed by atoms with van der Waals surface area (Å²) in [5.41, 5.74) is 0. The molecule has 0 aliphatic carbocycles. The van der Waals surface area contributed by atoms with Crippen molar-refractivity contribution in [2.45, 2.75) is 4.87 Å². The van der Waals surface area contributed by atoms with Gasteiger partial charge in [0.1, 0.15) is 5.01 Å². The van der Waals surface area contributed by atoms with E-state index >= 15 is 0 Å². The van der Waals surface area contributed by atoms with Crippen LogP contribution < -0.4 is 5.32 Å². The van der Waals surface area contributed by atoms with Crippen LogP contribution in [0.15, 0.2) is 23.2 Å². The van der Waals surface area contributed by atoms with Crippen molar-refractivity contribution in [3.05, 3.63) is 28.2 Å². The molecule has 1 aromatic heterocycles. The third-order valence-corrected chi connectivity index (χ3v) is 3.83. The van der Waals surface area contributed by atoms with Crippen molar-refractivity contribution in [2.24, 2.45) is 0 Å². The standard InChI is InChI=1S/C7H8N2OS2/c10-5-7(9-2-4-12-7)6-8-1-3-11-6/h1-4,9-10H,5H2. The monoisotopic (exact) mass is 200 g/mol. The Morgan fingerprint density at radius 2 is 2.58 bits per heavy atom. The minimum absolute atomic E-state index is 0.0537. The van der Waals surface area contributed by atoms with E-state index in [1.165, 1.54) is 0 Å². The fraction of sp³-hybridized carbons (Fsp3) is 0.286. The summed E-state index contributed by atoms with van der Waals surface area (Å²) in [6.07, 6.45) is 3.58. The minimum Gasteiger partial charge on any atom is -0.393 e. The van der Waals surface area contributed by atoms with Crippen LogP contribution in [0.4, 0.5) is 0 Å². The summed E-state index contributed by atoms with van der Waals surface area (Å²) >= 11 is 3.10. The zero-order valence-corrected chi connectivity index (χ0v) is 7.86. The molecule has 3 nitrogen and oxygen atoms in total. The molecule has 0 aromatic carbocycles. The number of thioether (sulfide) groups is 1. The Morgan fingerprint density at radius 1 is 1.67 bits per heavy atom. The van der Waals surface area contributed by atoms with Gasteiger partial charge in [-0.2, -0.15) is 0 Å². The first-order valence-corrected chi connectivity index (χ1v) is 5.25. The van der Waals surface area contributed by atoms with Gasteiger partial charge in [-0.05, 0) is 5.41 Å². The Bertz CT molecular complexity index is 276. The summed E-state index contributed by atoms with van der Waals surface area (Å²) in [6, 6.07) is 0. The van der Waals surface area contributed by atoms with Crippen LogP contribution in [0.1, 0.15) is 5.01 Å². The topological polar surface area (TPSA) is 45.2 Å². The van der Waals surface area contributed by atoms with E-state index < -0.39 is 4.87 Å². The summed E-state index contributed by atoms with van der Waals surface area (Å²) in [7, 11) is 0. The number of thiazole rings is 1. The molecule has 1 aliphatic heterocycles. The second kappa shape index (κ2) is 3.08. The van der Waals surface area contributed by atoms with Crippen molar-refractivity contribution in [1.29, 1.82) is 0 Å². The quantitative estimate of drug-likeness (QED) is 0.750. The molecule has 2 N–H and O–H groups in total. The molecule has 1 aliphatic rings. The first kappa shape index (κ1) is 8.10. The second-order valence-electron chi connectivity index (χ2n) is 2.39. The van der Waals surface area contributed by atoms with Crippen LogP contribution in [0.25, 0.3) is 0 Å². The van der Waals surface area contributed by atoms with Crippen molar-refractivity contribution >= 4 is 23.1 Å². The van der Waals surface area contributed by atoms with E-state index in [9.17, 15) is 5.11 Å². The highest BCUT2D eigenvalue weighted by Gasteiger charge is 2.35. The Morgan fingerprint density at radius 3 is 3.08 bits per heavy atom. The lowest BCUT2D eigenvalue weighted by atomic mass is 10.3. The molecule has 0 saturated carbocycles. The lowest BCUT2D eigenvalue weighted by Crippen LogP contribution is -2.36. The lowest BCUT2D eigenvalue weighted by Gasteiger charge is -2.23. The van der Waals surface area contributed by atoms with Gasteiger partial charge >= 0.3 is 0 Å². The Balaban J connectivity index is 2.30. The van der Waals surface area contributed by atoms with E-state index in [2.05, 4.69) is 10.3 Å². The maximum absolute atomic E-state index is 9.23. The first-order chi connectivity index (χ1) is 5.87. The van der Waals surface area contributed by atoms with Crippen molar-refractivity contribution in [1.82, 2.24) is 10.3 Å². The predicted octanol–water partition coefficient (Wildman–Crippen LogP) is 1.10. The smallest absolute Gasteiger partial charge is 0.163 e. The van der Waals surface area contributed by atoms with Crippen LogP contribution in [0.2, 0.25) is 0 Å². The molecule has 0 radical (unpaired) electrons. The largest absolute Gasteiger partial charge is 0.393 e. The Hall–Kier alpha value is -0.520. The van der Waals surface area contributed by atoms with Gasteiger partial charge in [0, 0.05) is 17.8 Å². The third kappa shape index (κ3) is 1.14. The normalized spacial score (nSPS) is 27.4. The molecular formula is C7H8N2OS2. The molecule has 1 unspecified atom stereocenters. The van der Waals surface area contributed by atoms with E-state index in [1.807, 2.05) is 17.0 Å². The van der Waals surface area contributed by atoms with Gasteiger partial charge in [-0.25, -0.2) is 4.98 Å². The average Bonchev–Trinajstić information content (AvgIpc) is 2.76. The van der Waals surface area contributed by atoms with E-state index in [0.717, 1.165) is 5.01 Å². The van der Waals surface area contributed by atoms with E-state index in [0.29, 0.717) is 0 Å². The minimum atomic E-state index is -0.422. The fourth-order valence-corrected chi connectivity index (χ4v) is 2.75. The van der Waals surface area contributed by atoms with Gasteiger partial charge < -0.3 is 10.4 Å². The summed E-state index contributed by atoms with van der Waals surface area (Å²) in [6.45, 7) is 0.0537. The van der Waals surface area contributed by atoms with Gasteiger partial charge in [0.15, 0.2) is 4.87 Å². The summed E-state index contributed by atoms with van der Waals surface area (Å²) in [4.78, 5) is 3.75. The number of hydrogen-bond acceptors (Lipinski definition) is 5. The maximum atomic E-state index is 9.23.